The summed E-state index contributed by atoms with van der Waals surface area (Å²) in [5.74, 6) is -0.301. The lowest BCUT2D eigenvalue weighted by Crippen LogP contribution is -2.48. The number of amides is 1. The molecule has 12 nitrogen and oxygen atoms in total. The Morgan fingerprint density at radius 2 is 1.86 bits per heavy atom. The molecule has 1 aromatic carbocycles. The fourth-order valence-electron chi connectivity index (χ4n) is 7.52. The number of anilines is 2. The number of carboxylic acid groups (broad SMARTS) is 1. The zero-order valence-electron chi connectivity index (χ0n) is 29.8. The van der Waals surface area contributed by atoms with Gasteiger partial charge in [0.1, 0.15) is 11.9 Å². The second-order valence-corrected chi connectivity index (χ2v) is 13.7. The van der Waals surface area contributed by atoms with E-state index in [1.807, 2.05) is 17.2 Å². The minimum Gasteiger partial charge on any atom is -0.481 e. The Balaban J connectivity index is 0.00000239. The molecule has 5 heterocycles. The largest absolute Gasteiger partial charge is 0.481 e. The number of aromatic amines is 1. The van der Waals surface area contributed by atoms with Crippen molar-refractivity contribution in [2.75, 3.05) is 62.8 Å². The van der Waals surface area contributed by atoms with Gasteiger partial charge in [0.2, 0.25) is 5.91 Å². The van der Waals surface area contributed by atoms with Crippen LogP contribution in [0.5, 0.6) is 0 Å². The monoisotopic (exact) mass is 686 g/mol. The Labute approximate surface area is 295 Å². The smallest absolute Gasteiger partial charge is 0.304 e. The number of carboxylic acids is 1. The van der Waals surface area contributed by atoms with Crippen LogP contribution in [0.15, 0.2) is 54.4 Å². The van der Waals surface area contributed by atoms with Gasteiger partial charge in [-0.05, 0) is 107 Å². The molecule has 3 aromatic rings. The average Bonchev–Trinajstić information content (AvgIpc) is 3.87. The van der Waals surface area contributed by atoms with E-state index >= 15 is 0 Å². The highest BCUT2D eigenvalue weighted by Gasteiger charge is 2.29. The Kier molecular flexibility index (Phi) is 13.0. The maximum atomic E-state index is 12.7. The summed E-state index contributed by atoms with van der Waals surface area (Å²) >= 11 is 0. The number of aliphatic carboxylic acids is 1. The lowest BCUT2D eigenvalue weighted by molar-refractivity contribution is -0.137. The molecule has 3 aliphatic rings. The molecule has 3 atom stereocenters. The van der Waals surface area contributed by atoms with Gasteiger partial charge in [-0.25, -0.2) is 10.4 Å². The van der Waals surface area contributed by atoms with Crippen LogP contribution in [0.2, 0.25) is 0 Å². The number of rotatable bonds is 14. The van der Waals surface area contributed by atoms with Crippen LogP contribution in [0.25, 0.3) is 11.0 Å². The van der Waals surface area contributed by atoms with E-state index in [-0.39, 0.29) is 24.3 Å². The van der Waals surface area contributed by atoms with E-state index in [1.54, 1.807) is 0 Å². The molecule has 0 bridgehead atoms. The number of nitrogens with one attached hydrogen (secondary N) is 2. The number of H-pyrrole nitrogens is 1. The third-order valence-electron chi connectivity index (χ3n) is 10.1. The lowest BCUT2D eigenvalue weighted by Gasteiger charge is -2.37. The lowest BCUT2D eigenvalue weighted by atomic mass is 9.93. The minimum absolute atomic E-state index is 0.0614. The number of benzene rings is 1. The summed E-state index contributed by atoms with van der Waals surface area (Å²) in [6.45, 7) is 9.47. The number of aromatic nitrogens is 2. The second kappa shape index (κ2) is 17.6. The van der Waals surface area contributed by atoms with Gasteiger partial charge in [0.25, 0.3) is 0 Å². The molecule has 50 heavy (non-hydrogen) atoms. The van der Waals surface area contributed by atoms with Gasteiger partial charge in [0, 0.05) is 92.7 Å². The van der Waals surface area contributed by atoms with Gasteiger partial charge in [-0.15, -0.1) is 0 Å². The summed E-state index contributed by atoms with van der Waals surface area (Å²) in [5, 5.41) is 13.3. The summed E-state index contributed by atoms with van der Waals surface area (Å²) in [4.78, 5) is 50.3. The maximum Gasteiger partial charge on any atom is 0.304 e. The van der Waals surface area contributed by atoms with Gasteiger partial charge in [-0.2, -0.15) is 0 Å². The molecule has 0 radical (unpaired) electrons. The zero-order chi connectivity index (χ0) is 35.6. The number of nitrogens with two attached hydrogens (primary N) is 1. The van der Waals surface area contributed by atoms with Crippen molar-refractivity contribution < 1.29 is 19.5 Å². The number of fused-ring (bicyclic) bond motifs is 1. The van der Waals surface area contributed by atoms with Gasteiger partial charge in [0.05, 0.1) is 12.1 Å². The maximum absolute atomic E-state index is 12.7. The molecular weight excluding hydrogens is 632 g/mol. The van der Waals surface area contributed by atoms with E-state index in [2.05, 4.69) is 81.2 Å². The quantitative estimate of drug-likeness (QED) is 0.143. The van der Waals surface area contributed by atoms with Gasteiger partial charge in [0.15, 0.2) is 0 Å². The highest BCUT2D eigenvalue weighted by molar-refractivity contribution is 5.77. The van der Waals surface area contributed by atoms with Gasteiger partial charge >= 0.3 is 5.97 Å². The van der Waals surface area contributed by atoms with Crippen molar-refractivity contribution in [1.82, 2.24) is 25.2 Å². The van der Waals surface area contributed by atoms with Crippen molar-refractivity contribution in [3.63, 3.8) is 0 Å². The van der Waals surface area contributed by atoms with Crippen LogP contribution < -0.4 is 21.1 Å². The van der Waals surface area contributed by atoms with Crippen LogP contribution in [-0.2, 0) is 20.8 Å². The predicted octanol–water partition coefficient (Wildman–Crippen LogP) is 4.29. The fourth-order valence-corrected chi connectivity index (χ4v) is 7.52. The summed E-state index contributed by atoms with van der Waals surface area (Å²) in [6, 6.07) is 13.0. The second-order valence-electron chi connectivity index (χ2n) is 13.7. The number of hydrogen-bond donors (Lipinski definition) is 4. The number of likely N-dealkylation sites (tertiary alicyclic amines) is 1. The van der Waals surface area contributed by atoms with Crippen LogP contribution in [-0.4, -0.2) is 102 Å². The predicted molar refractivity (Wildman–Crippen MR) is 198 cm³/mol. The molecule has 1 amide bonds. The number of carbonyl (C=O) groups excluding carboxylic acids is 2. The molecular formula is C38H54N8O4. The number of aryl methyl sites for hydroxylation is 1. The molecule has 2 fully saturated rings. The molecule has 3 unspecified atom stereocenters. The molecule has 270 valence electrons. The Hall–Kier alpha value is -4.26. The van der Waals surface area contributed by atoms with E-state index in [4.69, 9.17) is 4.98 Å². The average molecular weight is 687 g/mol. The molecule has 0 spiro atoms. The summed E-state index contributed by atoms with van der Waals surface area (Å²) in [6.07, 6.45) is 9.54. The minimum atomic E-state index is -0.792. The van der Waals surface area contributed by atoms with Crippen molar-refractivity contribution >= 4 is 40.6 Å². The molecule has 5 N–H and O–H groups in total. The summed E-state index contributed by atoms with van der Waals surface area (Å²) < 4.78 is 0. The van der Waals surface area contributed by atoms with Crippen molar-refractivity contribution in [1.29, 1.82) is 0 Å². The van der Waals surface area contributed by atoms with Gasteiger partial charge in [-0.1, -0.05) is 0 Å². The zero-order valence-corrected chi connectivity index (χ0v) is 29.8. The van der Waals surface area contributed by atoms with E-state index in [0.29, 0.717) is 57.9 Å². The topological polar surface area (TPSA) is 151 Å². The first-order valence-corrected chi connectivity index (χ1v) is 18.1. The van der Waals surface area contributed by atoms with E-state index in [9.17, 15) is 19.5 Å². The van der Waals surface area contributed by atoms with E-state index < -0.39 is 5.97 Å². The molecule has 0 saturated carbocycles. The van der Waals surface area contributed by atoms with Crippen molar-refractivity contribution in [2.45, 2.75) is 70.8 Å². The van der Waals surface area contributed by atoms with Crippen LogP contribution in [0.1, 0.15) is 69.5 Å². The molecule has 6 rings (SSSR count). The van der Waals surface area contributed by atoms with Crippen molar-refractivity contribution in [3.05, 3.63) is 65.6 Å². The van der Waals surface area contributed by atoms with Crippen LogP contribution in [0, 0.1) is 5.92 Å². The van der Waals surface area contributed by atoms with E-state index in [0.717, 1.165) is 78.0 Å². The first kappa shape index (κ1) is 37.0. The third-order valence-corrected chi connectivity index (χ3v) is 10.1. The van der Waals surface area contributed by atoms with Crippen molar-refractivity contribution in [3.8, 4) is 0 Å². The summed E-state index contributed by atoms with van der Waals surface area (Å²) in [5.41, 5.74) is 14.2. The van der Waals surface area contributed by atoms with Crippen LogP contribution in [0.4, 0.5) is 11.4 Å². The number of unbranched alkanes of at least 4 members (excludes halogenated alkanes) is 1. The SMILES string of the molecule is CC1=CC(C)NN1c1cc(C(CC(=O)O)CN2CCC(CCc3ccc4cc[nH]c4n3)C2)cc(N2CCN(C(=O)CCCC=O)CC2)c1.CN. The molecule has 0 aliphatic carbocycles. The Morgan fingerprint density at radius 1 is 1.08 bits per heavy atom. The number of hydrazine groups is 1. The number of nitrogens with zero attached hydrogens (tertiary/aromatic N) is 5. The molecule has 3 aliphatic heterocycles. The third kappa shape index (κ3) is 9.49. The summed E-state index contributed by atoms with van der Waals surface area (Å²) in [7, 11) is 1.50. The Bertz CT molecular complexity index is 1630. The fraction of sp³-hybridized carbons (Fsp3) is 0.526. The standard InChI is InChI=1S/C37H49N7O4.CH5N/c1-26-19-27(2)44(40-26)34-21-30(20-33(23-34)42-14-16-43(17-15-42)35(46)5-3-4-18-45)31(22-36(47)48)25-41-13-11-28(24-41)6-8-32-9-7-29-10-12-38-37(29)39-32;1-2/h7,9-10,12,18-21,23,26,28,31,40H,3-6,8,11,13-17,22,24-25H2,1-2H3,(H,38,39)(H,47,48);2H2,1H3. The Morgan fingerprint density at radius 3 is 2.58 bits per heavy atom. The molecule has 2 aromatic heterocycles. The van der Waals surface area contributed by atoms with Crippen LogP contribution >= 0.6 is 0 Å². The molecule has 12 heteroatoms. The number of allylic oxidation sites excluding steroid dienone is 1. The number of aldehydes is 1. The van der Waals surface area contributed by atoms with Crippen LogP contribution in [0.3, 0.4) is 0 Å². The van der Waals surface area contributed by atoms with Gasteiger partial charge < -0.3 is 35.3 Å². The van der Waals surface area contributed by atoms with Crippen molar-refractivity contribution in [2.24, 2.45) is 11.7 Å². The first-order valence-electron chi connectivity index (χ1n) is 18.1. The number of piperazine rings is 1. The number of hydrogen-bond acceptors (Lipinski definition) is 9. The highest BCUT2D eigenvalue weighted by Crippen LogP contribution is 2.35. The first-order chi connectivity index (χ1) is 24.2. The highest BCUT2D eigenvalue weighted by atomic mass is 16.4. The van der Waals surface area contributed by atoms with Gasteiger partial charge in [-0.3, -0.25) is 14.6 Å². The normalized spacial score (nSPS) is 20.1. The van der Waals surface area contributed by atoms with E-state index in [1.165, 1.54) is 7.05 Å². The number of carbonyl (C=O) groups is 3. The number of pyridine rings is 1. The molecule has 2 saturated heterocycles.